The first-order chi connectivity index (χ1) is 15.8. The van der Waals surface area contributed by atoms with E-state index in [0.717, 1.165) is 9.87 Å². The molecule has 0 aliphatic carbocycles. The molecule has 0 aliphatic heterocycles. The van der Waals surface area contributed by atoms with Crippen molar-refractivity contribution in [3.63, 3.8) is 0 Å². The summed E-state index contributed by atoms with van der Waals surface area (Å²) < 4.78 is 32.8. The van der Waals surface area contributed by atoms with Gasteiger partial charge in [0.15, 0.2) is 0 Å². The number of unbranched alkanes of at least 4 members (excludes halogenated alkanes) is 2. The Morgan fingerprint density at radius 2 is 1.82 bits per heavy atom. The summed E-state index contributed by atoms with van der Waals surface area (Å²) in [5.41, 5.74) is 0.800. The molecule has 33 heavy (non-hydrogen) atoms. The van der Waals surface area contributed by atoms with E-state index < -0.39 is 28.3 Å². The normalized spacial score (nSPS) is 13.2. The molecule has 0 spiro atoms. The van der Waals surface area contributed by atoms with Crippen LogP contribution in [0.25, 0.3) is 0 Å². The first-order valence-electron chi connectivity index (χ1n) is 10.5. The fraction of sp³-hybridized carbons (Fsp3) is 0.391. The van der Waals surface area contributed by atoms with E-state index in [-0.39, 0.29) is 30.8 Å². The van der Waals surface area contributed by atoms with Crippen LogP contribution in [-0.4, -0.2) is 61.4 Å². The van der Waals surface area contributed by atoms with Crippen molar-refractivity contribution in [1.29, 1.82) is 5.26 Å². The van der Waals surface area contributed by atoms with E-state index >= 15 is 0 Å². The number of rotatable bonds is 13. The molecular weight excluding hydrogens is 446 g/mol. The lowest BCUT2D eigenvalue weighted by atomic mass is 10.0. The Balaban J connectivity index is 2.26. The zero-order valence-corrected chi connectivity index (χ0v) is 19.2. The van der Waals surface area contributed by atoms with Gasteiger partial charge in [-0.1, -0.05) is 30.3 Å². The number of nitrogens with zero attached hydrogens (tertiary/aromatic N) is 2. The number of benzene rings is 2. The van der Waals surface area contributed by atoms with Gasteiger partial charge in [-0.15, -0.1) is 0 Å². The first kappa shape index (κ1) is 26.1. The summed E-state index contributed by atoms with van der Waals surface area (Å²) in [6, 6.07) is 16.0. The van der Waals surface area contributed by atoms with Crippen LogP contribution >= 0.6 is 0 Å². The molecular formula is C23H29N3O6S. The number of sulfonamides is 1. The molecule has 2 atom stereocenters. The number of hydrogen-bond acceptors (Lipinski definition) is 6. The molecule has 2 rings (SSSR count). The molecule has 1 amide bonds. The van der Waals surface area contributed by atoms with Crippen molar-refractivity contribution in [3.05, 3.63) is 60.2 Å². The zero-order valence-electron chi connectivity index (χ0n) is 18.4. The lowest BCUT2D eigenvalue weighted by Crippen LogP contribution is -2.50. The van der Waals surface area contributed by atoms with Crippen molar-refractivity contribution in [2.45, 2.75) is 42.7 Å². The minimum absolute atomic E-state index is 0.0292. The highest BCUT2D eigenvalue weighted by molar-refractivity contribution is 7.89. The monoisotopic (exact) mass is 475 g/mol. The summed E-state index contributed by atoms with van der Waals surface area (Å²) in [5.74, 6) is 0.503. The molecule has 2 aromatic rings. The van der Waals surface area contributed by atoms with Crippen LogP contribution in [0.5, 0.6) is 5.75 Å². The number of ether oxygens (including phenoxy) is 1. The van der Waals surface area contributed by atoms with Gasteiger partial charge >= 0.3 is 6.09 Å². The van der Waals surface area contributed by atoms with Gasteiger partial charge in [0.1, 0.15) is 5.75 Å². The van der Waals surface area contributed by atoms with Crippen LogP contribution in [0.4, 0.5) is 4.79 Å². The minimum atomic E-state index is -3.98. The second kappa shape index (κ2) is 12.8. The molecule has 0 saturated carbocycles. The third-order valence-electron chi connectivity index (χ3n) is 5.11. The molecule has 0 radical (unpaired) electrons. The fourth-order valence-electron chi connectivity index (χ4n) is 3.34. The third kappa shape index (κ3) is 8.05. The van der Waals surface area contributed by atoms with Crippen molar-refractivity contribution in [2.24, 2.45) is 0 Å². The summed E-state index contributed by atoms with van der Waals surface area (Å²) in [4.78, 5) is 11.3. The maximum absolute atomic E-state index is 13.3. The SMILES string of the molecule is COc1ccc(S(=O)(=O)N(CCCCC#N)C[C@H](O)[C@H](Cc2ccccc2)NC(=O)O)cc1. The van der Waals surface area contributed by atoms with E-state index in [4.69, 9.17) is 10.00 Å². The Hall–Kier alpha value is -3.13. The summed E-state index contributed by atoms with van der Waals surface area (Å²) in [5, 5.41) is 31.2. The lowest BCUT2D eigenvalue weighted by molar-refractivity contribution is 0.0999. The zero-order chi connectivity index (χ0) is 24.3. The quantitative estimate of drug-likeness (QED) is 0.378. The Morgan fingerprint density at radius 3 is 2.39 bits per heavy atom. The van der Waals surface area contributed by atoms with Crippen LogP contribution < -0.4 is 10.1 Å². The van der Waals surface area contributed by atoms with Gasteiger partial charge in [-0.2, -0.15) is 9.57 Å². The Morgan fingerprint density at radius 1 is 1.15 bits per heavy atom. The van der Waals surface area contributed by atoms with Gasteiger partial charge in [-0.25, -0.2) is 13.2 Å². The van der Waals surface area contributed by atoms with Crippen molar-refractivity contribution in [1.82, 2.24) is 9.62 Å². The van der Waals surface area contributed by atoms with Crippen molar-refractivity contribution in [2.75, 3.05) is 20.2 Å². The highest BCUT2D eigenvalue weighted by Gasteiger charge is 2.30. The van der Waals surface area contributed by atoms with E-state index in [1.54, 1.807) is 24.3 Å². The molecule has 0 fully saturated rings. The lowest BCUT2D eigenvalue weighted by Gasteiger charge is -2.29. The highest BCUT2D eigenvalue weighted by atomic mass is 32.2. The predicted octanol–water partition coefficient (Wildman–Crippen LogP) is 2.62. The molecule has 0 aliphatic rings. The Bertz CT molecular complexity index is 1020. The maximum Gasteiger partial charge on any atom is 0.404 e. The highest BCUT2D eigenvalue weighted by Crippen LogP contribution is 2.21. The van der Waals surface area contributed by atoms with Gasteiger partial charge in [0.05, 0.1) is 30.2 Å². The van der Waals surface area contributed by atoms with Gasteiger partial charge in [0.2, 0.25) is 10.0 Å². The molecule has 10 heteroatoms. The molecule has 9 nitrogen and oxygen atoms in total. The van der Waals surface area contributed by atoms with Crippen LogP contribution in [0.15, 0.2) is 59.5 Å². The minimum Gasteiger partial charge on any atom is -0.497 e. The van der Waals surface area contributed by atoms with Crippen molar-refractivity contribution >= 4 is 16.1 Å². The largest absolute Gasteiger partial charge is 0.497 e. The van der Waals surface area contributed by atoms with E-state index in [1.807, 2.05) is 12.1 Å². The molecule has 3 N–H and O–H groups in total. The summed E-state index contributed by atoms with van der Waals surface area (Å²) in [6.45, 7) is -0.225. The fourth-order valence-corrected chi connectivity index (χ4v) is 4.84. The summed E-state index contributed by atoms with van der Waals surface area (Å²) in [6.07, 6.45) is -1.21. The van der Waals surface area contributed by atoms with Gasteiger partial charge in [0, 0.05) is 19.5 Å². The summed E-state index contributed by atoms with van der Waals surface area (Å²) in [7, 11) is -2.51. The van der Waals surface area contributed by atoms with E-state index in [9.17, 15) is 23.4 Å². The first-order valence-corrected chi connectivity index (χ1v) is 11.9. The van der Waals surface area contributed by atoms with Gasteiger partial charge in [-0.05, 0) is 49.1 Å². The number of aliphatic hydroxyl groups excluding tert-OH is 1. The molecule has 0 bridgehead atoms. The van der Waals surface area contributed by atoms with Gasteiger partial charge in [-0.3, -0.25) is 0 Å². The maximum atomic E-state index is 13.3. The smallest absolute Gasteiger partial charge is 0.404 e. The van der Waals surface area contributed by atoms with E-state index in [1.165, 1.54) is 31.4 Å². The number of nitrogens with one attached hydrogen (secondary N) is 1. The molecule has 0 unspecified atom stereocenters. The number of aliphatic hydroxyl groups is 1. The average Bonchev–Trinajstić information content (AvgIpc) is 2.80. The number of methoxy groups -OCH3 is 1. The second-order valence-electron chi connectivity index (χ2n) is 7.47. The number of amides is 1. The average molecular weight is 476 g/mol. The van der Waals surface area contributed by atoms with E-state index in [2.05, 4.69) is 5.32 Å². The molecule has 0 heterocycles. The molecule has 0 saturated heterocycles. The molecule has 2 aromatic carbocycles. The second-order valence-corrected chi connectivity index (χ2v) is 9.40. The van der Waals surface area contributed by atoms with Crippen LogP contribution in [0.2, 0.25) is 0 Å². The number of carboxylic acid groups (broad SMARTS) is 1. The van der Waals surface area contributed by atoms with Crippen LogP contribution in [0.1, 0.15) is 24.8 Å². The number of carbonyl (C=O) groups is 1. The molecule has 178 valence electrons. The number of nitriles is 1. The van der Waals surface area contributed by atoms with Crippen molar-refractivity contribution in [3.8, 4) is 11.8 Å². The predicted molar refractivity (Wildman–Crippen MR) is 122 cm³/mol. The third-order valence-corrected chi connectivity index (χ3v) is 6.99. The number of hydrogen-bond donors (Lipinski definition) is 3. The standard InChI is InChI=1S/C23H29N3O6S/c1-32-19-10-12-20(13-11-19)33(30,31)26(15-7-3-6-14-24)17-22(27)21(25-23(28)29)16-18-8-4-2-5-9-18/h2,4-5,8-13,21-22,25,27H,3,6-7,15-17H2,1H3,(H,28,29)/t21-,22-/m0/s1. The Kier molecular flexibility index (Phi) is 10.1. The van der Waals surface area contributed by atoms with Gasteiger partial charge in [0.25, 0.3) is 0 Å². The van der Waals surface area contributed by atoms with Crippen molar-refractivity contribution < 1.29 is 28.2 Å². The Labute approximate surface area is 194 Å². The summed E-state index contributed by atoms with van der Waals surface area (Å²) >= 11 is 0. The van der Waals surface area contributed by atoms with Crippen LogP contribution in [0.3, 0.4) is 0 Å². The van der Waals surface area contributed by atoms with Crippen LogP contribution in [0, 0.1) is 11.3 Å². The van der Waals surface area contributed by atoms with Crippen LogP contribution in [-0.2, 0) is 16.4 Å². The van der Waals surface area contributed by atoms with E-state index in [0.29, 0.717) is 18.6 Å². The topological polar surface area (TPSA) is 140 Å². The van der Waals surface area contributed by atoms with Gasteiger partial charge < -0.3 is 20.3 Å². The molecule has 0 aromatic heterocycles.